The van der Waals surface area contributed by atoms with Gasteiger partial charge in [0.15, 0.2) is 24.8 Å². The van der Waals surface area contributed by atoms with Crippen molar-refractivity contribution in [2.45, 2.75) is 0 Å². The van der Waals surface area contributed by atoms with E-state index in [-0.39, 0.29) is 30.5 Å². The van der Waals surface area contributed by atoms with Crippen LogP contribution in [0.1, 0.15) is 0 Å². The van der Waals surface area contributed by atoms with Crippen molar-refractivity contribution in [1.82, 2.24) is 20.8 Å². The van der Waals surface area contributed by atoms with Crippen LogP contribution in [-0.2, 0) is 9.59 Å². The molecule has 1 heterocycles. The van der Waals surface area contributed by atoms with Gasteiger partial charge in [0.25, 0.3) is 11.8 Å². The minimum atomic E-state index is -0.442. The third-order valence-corrected chi connectivity index (χ3v) is 3.75. The second kappa shape index (κ2) is 10.9. The lowest BCUT2D eigenvalue weighted by molar-refractivity contribution is -0.123. The van der Waals surface area contributed by atoms with Gasteiger partial charge >= 0.3 is 0 Å². The molecule has 0 saturated heterocycles. The molecule has 0 aliphatic rings. The van der Waals surface area contributed by atoms with E-state index in [1.54, 1.807) is 48.5 Å². The van der Waals surface area contributed by atoms with Gasteiger partial charge in [0.1, 0.15) is 23.5 Å². The number of nitrogens with one attached hydrogen (secondary N) is 4. The van der Waals surface area contributed by atoms with Gasteiger partial charge in [-0.05, 0) is 24.3 Å². The second-order valence-corrected chi connectivity index (χ2v) is 6.03. The number of anilines is 3. The van der Waals surface area contributed by atoms with Gasteiger partial charge < -0.3 is 15.2 Å². The molecule has 0 radical (unpaired) electrons. The zero-order chi connectivity index (χ0) is 21.9. The largest absolute Gasteiger partial charge is 0.484 e. The second-order valence-electron chi connectivity index (χ2n) is 6.03. The molecule has 160 valence electrons. The SMILES string of the molecule is Nc1c(NNC(=O)COc2ccccc2)ncnc1NNC(=O)COc1ccccc1. The van der Waals surface area contributed by atoms with E-state index in [9.17, 15) is 9.59 Å². The van der Waals surface area contributed by atoms with Gasteiger partial charge in [0.2, 0.25) is 0 Å². The van der Waals surface area contributed by atoms with E-state index in [0.29, 0.717) is 11.5 Å². The van der Waals surface area contributed by atoms with Crippen LogP contribution in [-0.4, -0.2) is 35.0 Å². The highest BCUT2D eigenvalue weighted by Crippen LogP contribution is 2.20. The summed E-state index contributed by atoms with van der Waals surface area (Å²) in [4.78, 5) is 31.7. The predicted octanol–water partition coefficient (Wildman–Crippen LogP) is 1.10. The minimum Gasteiger partial charge on any atom is -0.484 e. The Bertz CT molecular complexity index is 925. The number of aromatic nitrogens is 2. The Morgan fingerprint density at radius 3 is 1.58 bits per heavy atom. The Kier molecular flexibility index (Phi) is 7.41. The minimum absolute atomic E-state index is 0.0797. The average Bonchev–Trinajstić information content (AvgIpc) is 2.81. The van der Waals surface area contributed by atoms with E-state index < -0.39 is 11.8 Å². The molecule has 0 spiro atoms. The third-order valence-electron chi connectivity index (χ3n) is 3.75. The Balaban J connectivity index is 1.44. The highest BCUT2D eigenvalue weighted by Gasteiger charge is 2.11. The van der Waals surface area contributed by atoms with Crippen molar-refractivity contribution in [2.75, 3.05) is 29.8 Å². The highest BCUT2D eigenvalue weighted by atomic mass is 16.5. The number of hydrogen-bond donors (Lipinski definition) is 5. The first kappa shape index (κ1) is 21.2. The van der Waals surface area contributed by atoms with Gasteiger partial charge in [-0.15, -0.1) is 0 Å². The molecule has 11 heteroatoms. The van der Waals surface area contributed by atoms with Crippen molar-refractivity contribution in [1.29, 1.82) is 0 Å². The lowest BCUT2D eigenvalue weighted by atomic mass is 10.3. The Labute approximate surface area is 177 Å². The molecule has 0 bridgehead atoms. The summed E-state index contributed by atoms with van der Waals surface area (Å²) in [5.41, 5.74) is 16.1. The van der Waals surface area contributed by atoms with Gasteiger partial charge in [-0.2, -0.15) is 0 Å². The smallest absolute Gasteiger partial charge is 0.276 e. The lowest BCUT2D eigenvalue weighted by Crippen LogP contribution is -2.35. The highest BCUT2D eigenvalue weighted by molar-refractivity contribution is 5.83. The van der Waals surface area contributed by atoms with Crippen LogP contribution in [0.3, 0.4) is 0 Å². The number of carbonyl (C=O) groups excluding carboxylic acids is 2. The zero-order valence-electron chi connectivity index (χ0n) is 16.4. The summed E-state index contributed by atoms with van der Waals surface area (Å²) in [6, 6.07) is 17.8. The van der Waals surface area contributed by atoms with E-state index in [1.807, 2.05) is 12.1 Å². The fourth-order valence-electron chi connectivity index (χ4n) is 2.26. The molecule has 3 aromatic rings. The van der Waals surface area contributed by atoms with Crippen LogP contribution in [0, 0.1) is 0 Å². The number of hydrogen-bond acceptors (Lipinski definition) is 9. The van der Waals surface area contributed by atoms with Crippen molar-refractivity contribution in [3.05, 3.63) is 67.0 Å². The molecule has 11 nitrogen and oxygen atoms in total. The van der Waals surface area contributed by atoms with E-state index in [2.05, 4.69) is 31.7 Å². The summed E-state index contributed by atoms with van der Waals surface area (Å²) in [6.07, 6.45) is 1.21. The molecule has 6 N–H and O–H groups in total. The van der Waals surface area contributed by atoms with Gasteiger partial charge in [0, 0.05) is 0 Å². The van der Waals surface area contributed by atoms with Crippen molar-refractivity contribution >= 4 is 29.1 Å². The fourth-order valence-corrected chi connectivity index (χ4v) is 2.26. The number of para-hydroxylation sites is 2. The third kappa shape index (κ3) is 6.78. The molecule has 0 saturated carbocycles. The van der Waals surface area contributed by atoms with Crippen molar-refractivity contribution in [2.24, 2.45) is 0 Å². The summed E-state index contributed by atoms with van der Waals surface area (Å²) >= 11 is 0. The molecule has 3 rings (SSSR count). The predicted molar refractivity (Wildman–Crippen MR) is 114 cm³/mol. The van der Waals surface area contributed by atoms with Gasteiger partial charge in [-0.1, -0.05) is 36.4 Å². The van der Waals surface area contributed by atoms with Crippen LogP contribution in [0.4, 0.5) is 17.3 Å². The summed E-state index contributed by atoms with van der Waals surface area (Å²) in [7, 11) is 0. The first-order valence-electron chi connectivity index (χ1n) is 9.17. The van der Waals surface area contributed by atoms with Crippen LogP contribution in [0.2, 0.25) is 0 Å². The van der Waals surface area contributed by atoms with Crippen LogP contribution in [0.5, 0.6) is 11.5 Å². The number of nitrogens with two attached hydrogens (primary N) is 1. The number of ether oxygens (including phenoxy) is 2. The Morgan fingerprint density at radius 2 is 1.16 bits per heavy atom. The van der Waals surface area contributed by atoms with Crippen LogP contribution in [0.15, 0.2) is 67.0 Å². The lowest BCUT2D eigenvalue weighted by Gasteiger charge is -2.14. The molecule has 1 aromatic heterocycles. The first-order valence-corrected chi connectivity index (χ1v) is 9.17. The normalized spacial score (nSPS) is 9.94. The monoisotopic (exact) mass is 423 g/mol. The van der Waals surface area contributed by atoms with Crippen LogP contribution >= 0.6 is 0 Å². The number of rotatable bonds is 10. The molecular weight excluding hydrogens is 402 g/mol. The van der Waals surface area contributed by atoms with E-state index in [4.69, 9.17) is 15.2 Å². The number of amides is 2. The van der Waals surface area contributed by atoms with Gasteiger partial charge in [-0.25, -0.2) is 9.97 Å². The van der Waals surface area contributed by atoms with Gasteiger partial charge in [-0.3, -0.25) is 31.3 Å². The Morgan fingerprint density at radius 1 is 0.742 bits per heavy atom. The van der Waals surface area contributed by atoms with E-state index in [0.717, 1.165) is 0 Å². The van der Waals surface area contributed by atoms with Crippen LogP contribution in [0.25, 0.3) is 0 Å². The van der Waals surface area contributed by atoms with Crippen molar-refractivity contribution in [3.63, 3.8) is 0 Å². The maximum Gasteiger partial charge on any atom is 0.276 e. The molecule has 2 amide bonds. The zero-order valence-corrected chi connectivity index (χ0v) is 16.4. The van der Waals surface area contributed by atoms with Crippen molar-refractivity contribution in [3.8, 4) is 11.5 Å². The maximum absolute atomic E-state index is 11.9. The van der Waals surface area contributed by atoms with E-state index in [1.165, 1.54) is 6.33 Å². The van der Waals surface area contributed by atoms with Crippen LogP contribution < -0.4 is 36.9 Å². The molecule has 31 heavy (non-hydrogen) atoms. The summed E-state index contributed by atoms with van der Waals surface area (Å²) in [5, 5.41) is 0. The number of hydrazine groups is 2. The maximum atomic E-state index is 11.9. The summed E-state index contributed by atoms with van der Waals surface area (Å²) < 4.78 is 10.7. The molecule has 0 atom stereocenters. The topological polar surface area (TPSA) is 153 Å². The molecule has 2 aromatic carbocycles. The summed E-state index contributed by atoms with van der Waals surface area (Å²) in [6.45, 7) is -0.408. The quantitative estimate of drug-likeness (QED) is 0.302. The van der Waals surface area contributed by atoms with Crippen molar-refractivity contribution < 1.29 is 19.1 Å². The number of carbonyl (C=O) groups is 2. The molecular formula is C20H21N7O4. The molecule has 0 aliphatic carbocycles. The molecule has 0 aliphatic heterocycles. The first-order chi connectivity index (χ1) is 15.1. The Hall–Kier alpha value is -4.54. The average molecular weight is 423 g/mol. The molecule has 0 fully saturated rings. The molecule has 0 unspecified atom stereocenters. The summed E-state index contributed by atoms with van der Waals surface area (Å²) in [5.74, 6) is 0.529. The standard InChI is InChI=1S/C20H21N7O4/c21-18-19(26-24-16(28)11-30-14-7-3-1-4-8-14)22-13-23-20(18)27-25-17(29)12-31-15-9-5-2-6-10-15/h1-10,13H,11-12,21H2,(H,24,28)(H,25,29)(H2,22,23,26,27). The van der Waals surface area contributed by atoms with Gasteiger partial charge in [0.05, 0.1) is 0 Å². The fraction of sp³-hybridized carbons (Fsp3) is 0.100. The number of nitrogens with zero attached hydrogens (tertiary/aromatic N) is 2. The number of benzene rings is 2. The van der Waals surface area contributed by atoms with E-state index >= 15 is 0 Å². The number of nitrogen functional groups attached to an aromatic ring is 1.